The minimum atomic E-state index is -0.331. The van der Waals surface area contributed by atoms with Crippen molar-refractivity contribution in [1.29, 1.82) is 0 Å². The van der Waals surface area contributed by atoms with Crippen LogP contribution in [0.25, 0.3) is 22.5 Å². The van der Waals surface area contributed by atoms with Crippen LogP contribution in [0.15, 0.2) is 54.9 Å². The minimum Gasteiger partial charge on any atom is -0.347 e. The Hall–Kier alpha value is -2.95. The van der Waals surface area contributed by atoms with Crippen molar-refractivity contribution in [3.8, 4) is 22.5 Å². The van der Waals surface area contributed by atoms with Gasteiger partial charge in [-0.25, -0.2) is 9.37 Å². The standard InChI is InChI=1S/C21H22FN3O/c1-21(2,3)24-20(26)15-7-5-6-14(12-15)18-13-16(22)8-9-17(18)19-23-10-11-25(19)4/h5-13H,1-4H3,(H,24,26). The van der Waals surface area contributed by atoms with Gasteiger partial charge in [0.1, 0.15) is 11.6 Å². The summed E-state index contributed by atoms with van der Waals surface area (Å²) in [4.78, 5) is 16.8. The Morgan fingerprint density at radius 3 is 2.54 bits per heavy atom. The van der Waals surface area contributed by atoms with Gasteiger partial charge in [-0.15, -0.1) is 0 Å². The molecule has 0 atom stereocenters. The van der Waals surface area contributed by atoms with Gasteiger partial charge in [-0.2, -0.15) is 0 Å². The largest absolute Gasteiger partial charge is 0.347 e. The van der Waals surface area contributed by atoms with Gasteiger partial charge in [0.15, 0.2) is 0 Å². The van der Waals surface area contributed by atoms with Gasteiger partial charge in [0, 0.05) is 36.1 Å². The third kappa shape index (κ3) is 3.82. The highest BCUT2D eigenvalue weighted by Crippen LogP contribution is 2.32. The Morgan fingerprint density at radius 2 is 1.88 bits per heavy atom. The normalized spacial score (nSPS) is 11.4. The maximum Gasteiger partial charge on any atom is 0.251 e. The van der Waals surface area contributed by atoms with Crippen LogP contribution in [-0.4, -0.2) is 21.0 Å². The summed E-state index contributed by atoms with van der Waals surface area (Å²) < 4.78 is 15.8. The van der Waals surface area contributed by atoms with E-state index in [1.165, 1.54) is 12.1 Å². The summed E-state index contributed by atoms with van der Waals surface area (Å²) in [5.74, 6) is 0.251. The number of rotatable bonds is 3. The molecule has 1 heterocycles. The molecule has 134 valence electrons. The Morgan fingerprint density at radius 1 is 1.12 bits per heavy atom. The highest BCUT2D eigenvalue weighted by atomic mass is 19.1. The first-order valence-electron chi connectivity index (χ1n) is 8.45. The molecule has 0 bridgehead atoms. The van der Waals surface area contributed by atoms with Gasteiger partial charge in [0.2, 0.25) is 0 Å². The summed E-state index contributed by atoms with van der Waals surface area (Å²) in [6, 6.07) is 11.8. The summed E-state index contributed by atoms with van der Waals surface area (Å²) in [7, 11) is 1.89. The summed E-state index contributed by atoms with van der Waals surface area (Å²) in [5, 5.41) is 2.95. The number of carbonyl (C=O) groups is 1. The molecule has 1 amide bonds. The van der Waals surface area contributed by atoms with E-state index in [4.69, 9.17) is 0 Å². The SMILES string of the molecule is Cn1ccnc1-c1ccc(F)cc1-c1cccc(C(=O)NC(C)(C)C)c1. The zero-order chi connectivity index (χ0) is 18.9. The van der Waals surface area contributed by atoms with Crippen LogP contribution in [0.1, 0.15) is 31.1 Å². The minimum absolute atomic E-state index is 0.158. The first kappa shape index (κ1) is 17.9. The number of aromatic nitrogens is 2. The zero-order valence-electron chi connectivity index (χ0n) is 15.4. The molecular formula is C21H22FN3O. The zero-order valence-corrected chi connectivity index (χ0v) is 15.4. The van der Waals surface area contributed by atoms with Gasteiger partial charge in [-0.3, -0.25) is 4.79 Å². The van der Waals surface area contributed by atoms with Gasteiger partial charge in [-0.1, -0.05) is 12.1 Å². The Balaban J connectivity index is 2.08. The maximum absolute atomic E-state index is 14.0. The van der Waals surface area contributed by atoms with Crippen LogP contribution in [0.5, 0.6) is 0 Å². The number of imidazole rings is 1. The van der Waals surface area contributed by atoms with Crippen molar-refractivity contribution in [1.82, 2.24) is 14.9 Å². The molecule has 0 saturated carbocycles. The van der Waals surface area contributed by atoms with E-state index in [0.717, 1.165) is 17.0 Å². The second-order valence-electron chi connectivity index (χ2n) is 7.34. The van der Waals surface area contributed by atoms with E-state index >= 15 is 0 Å². The molecule has 26 heavy (non-hydrogen) atoms. The monoisotopic (exact) mass is 351 g/mol. The van der Waals surface area contributed by atoms with Gasteiger partial charge >= 0.3 is 0 Å². The lowest BCUT2D eigenvalue weighted by Gasteiger charge is -2.20. The average molecular weight is 351 g/mol. The molecule has 1 N–H and O–H groups in total. The van der Waals surface area contributed by atoms with E-state index in [2.05, 4.69) is 10.3 Å². The fraction of sp³-hybridized carbons (Fsp3) is 0.238. The molecule has 4 nitrogen and oxygen atoms in total. The second-order valence-corrected chi connectivity index (χ2v) is 7.34. The molecule has 0 aliphatic carbocycles. The predicted molar refractivity (Wildman–Crippen MR) is 101 cm³/mol. The van der Waals surface area contributed by atoms with Crippen molar-refractivity contribution in [2.75, 3.05) is 0 Å². The van der Waals surface area contributed by atoms with Crippen molar-refractivity contribution in [2.24, 2.45) is 7.05 Å². The van der Waals surface area contributed by atoms with E-state index < -0.39 is 0 Å². The predicted octanol–water partition coefficient (Wildman–Crippen LogP) is 4.42. The highest BCUT2D eigenvalue weighted by molar-refractivity contribution is 5.96. The van der Waals surface area contributed by atoms with Crippen LogP contribution in [-0.2, 0) is 7.05 Å². The fourth-order valence-corrected chi connectivity index (χ4v) is 2.82. The van der Waals surface area contributed by atoms with Crippen LogP contribution >= 0.6 is 0 Å². The molecule has 3 aromatic rings. The number of hydrogen-bond acceptors (Lipinski definition) is 2. The molecule has 5 heteroatoms. The number of amides is 1. The van der Waals surface area contributed by atoms with Crippen LogP contribution in [0.2, 0.25) is 0 Å². The summed E-state index contributed by atoms with van der Waals surface area (Å²) in [5.41, 5.74) is 2.48. The Kier molecular flexibility index (Phi) is 4.64. The van der Waals surface area contributed by atoms with E-state index in [1.807, 2.05) is 44.6 Å². The first-order valence-corrected chi connectivity index (χ1v) is 8.45. The molecule has 0 fully saturated rings. The number of nitrogens with zero attached hydrogens (tertiary/aromatic N) is 2. The second kappa shape index (κ2) is 6.75. The van der Waals surface area contributed by atoms with Gasteiger partial charge in [-0.05, 0) is 62.2 Å². The third-order valence-corrected chi connectivity index (χ3v) is 3.97. The van der Waals surface area contributed by atoms with E-state index in [0.29, 0.717) is 11.1 Å². The van der Waals surface area contributed by atoms with Crippen molar-refractivity contribution >= 4 is 5.91 Å². The lowest BCUT2D eigenvalue weighted by molar-refractivity contribution is 0.0919. The lowest BCUT2D eigenvalue weighted by Crippen LogP contribution is -2.40. The molecule has 1 aromatic heterocycles. The van der Waals surface area contributed by atoms with Gasteiger partial charge in [0.05, 0.1) is 0 Å². The Bertz CT molecular complexity index is 954. The molecule has 2 aromatic carbocycles. The van der Waals surface area contributed by atoms with Crippen LogP contribution in [0.4, 0.5) is 4.39 Å². The molecule has 0 radical (unpaired) electrons. The van der Waals surface area contributed by atoms with Gasteiger partial charge in [0.25, 0.3) is 5.91 Å². The van der Waals surface area contributed by atoms with Crippen LogP contribution in [0, 0.1) is 5.82 Å². The van der Waals surface area contributed by atoms with Crippen molar-refractivity contribution in [2.45, 2.75) is 26.3 Å². The van der Waals surface area contributed by atoms with Crippen LogP contribution < -0.4 is 5.32 Å². The lowest BCUT2D eigenvalue weighted by atomic mass is 9.97. The summed E-state index contributed by atoms with van der Waals surface area (Å²) in [6.07, 6.45) is 3.55. The molecule has 3 rings (SSSR count). The van der Waals surface area contributed by atoms with E-state index in [1.54, 1.807) is 30.5 Å². The number of hydrogen-bond donors (Lipinski definition) is 1. The smallest absolute Gasteiger partial charge is 0.251 e. The van der Waals surface area contributed by atoms with Crippen molar-refractivity contribution in [3.63, 3.8) is 0 Å². The third-order valence-electron chi connectivity index (χ3n) is 3.97. The van der Waals surface area contributed by atoms with E-state index in [9.17, 15) is 9.18 Å². The molecule has 0 aliphatic heterocycles. The van der Waals surface area contributed by atoms with Crippen molar-refractivity contribution in [3.05, 3.63) is 66.2 Å². The number of carbonyl (C=O) groups excluding carboxylic acids is 1. The Labute approximate surface area is 152 Å². The summed E-state index contributed by atoms with van der Waals surface area (Å²) >= 11 is 0. The van der Waals surface area contributed by atoms with Crippen molar-refractivity contribution < 1.29 is 9.18 Å². The first-order chi connectivity index (χ1) is 12.2. The number of benzene rings is 2. The molecule has 0 saturated heterocycles. The topological polar surface area (TPSA) is 46.9 Å². The molecule has 0 unspecified atom stereocenters. The van der Waals surface area contributed by atoms with E-state index in [-0.39, 0.29) is 17.3 Å². The maximum atomic E-state index is 14.0. The quantitative estimate of drug-likeness (QED) is 0.759. The molecular weight excluding hydrogens is 329 g/mol. The molecule has 0 aliphatic rings. The summed E-state index contributed by atoms with van der Waals surface area (Å²) in [6.45, 7) is 5.79. The number of nitrogens with one attached hydrogen (secondary N) is 1. The average Bonchev–Trinajstić information content (AvgIpc) is 2.99. The van der Waals surface area contributed by atoms with Crippen LogP contribution in [0.3, 0.4) is 0 Å². The van der Waals surface area contributed by atoms with Gasteiger partial charge < -0.3 is 9.88 Å². The number of aryl methyl sites for hydroxylation is 1. The number of halogens is 1. The molecule has 0 spiro atoms. The fourth-order valence-electron chi connectivity index (χ4n) is 2.82. The highest BCUT2D eigenvalue weighted by Gasteiger charge is 2.17.